The van der Waals surface area contributed by atoms with Crippen LogP contribution in [-0.2, 0) is 4.79 Å². The SMILES string of the molecule is CCC[C@H](N)C(=O)Nc1cc(C)ccc1OC. The zero-order valence-electron chi connectivity index (χ0n) is 10.6. The van der Waals surface area contributed by atoms with Crippen molar-refractivity contribution in [3.63, 3.8) is 0 Å². The second-order valence-corrected chi connectivity index (χ2v) is 4.09. The molecule has 17 heavy (non-hydrogen) atoms. The number of amides is 1. The van der Waals surface area contributed by atoms with E-state index in [1.165, 1.54) is 0 Å². The van der Waals surface area contributed by atoms with Crippen LogP contribution in [0.5, 0.6) is 5.75 Å². The smallest absolute Gasteiger partial charge is 0.241 e. The lowest BCUT2D eigenvalue weighted by Crippen LogP contribution is -2.35. The molecule has 0 aliphatic carbocycles. The third kappa shape index (κ3) is 3.75. The van der Waals surface area contributed by atoms with Crippen molar-refractivity contribution in [2.24, 2.45) is 5.73 Å². The third-order valence-electron chi connectivity index (χ3n) is 2.55. The number of anilines is 1. The number of ether oxygens (including phenoxy) is 1. The molecule has 0 radical (unpaired) electrons. The van der Waals surface area contributed by atoms with Crippen LogP contribution < -0.4 is 15.8 Å². The van der Waals surface area contributed by atoms with Gasteiger partial charge >= 0.3 is 0 Å². The van der Waals surface area contributed by atoms with Gasteiger partial charge < -0.3 is 15.8 Å². The molecule has 3 N–H and O–H groups in total. The molecule has 0 aliphatic rings. The molecule has 4 heteroatoms. The Morgan fingerprint density at radius 1 is 1.53 bits per heavy atom. The minimum atomic E-state index is -0.467. The fourth-order valence-corrected chi connectivity index (χ4v) is 1.59. The Bertz CT molecular complexity index is 391. The highest BCUT2D eigenvalue weighted by Gasteiger charge is 2.14. The first-order chi connectivity index (χ1) is 8.08. The highest BCUT2D eigenvalue weighted by molar-refractivity contribution is 5.96. The van der Waals surface area contributed by atoms with Crippen LogP contribution in [0.3, 0.4) is 0 Å². The monoisotopic (exact) mass is 236 g/mol. The number of methoxy groups -OCH3 is 1. The van der Waals surface area contributed by atoms with Crippen LogP contribution in [0, 0.1) is 6.92 Å². The zero-order chi connectivity index (χ0) is 12.8. The number of hydrogen-bond acceptors (Lipinski definition) is 3. The molecule has 0 aromatic heterocycles. The van der Waals surface area contributed by atoms with Crippen LogP contribution in [0.15, 0.2) is 18.2 Å². The summed E-state index contributed by atoms with van der Waals surface area (Å²) in [7, 11) is 1.58. The van der Waals surface area contributed by atoms with E-state index in [1.54, 1.807) is 7.11 Å². The number of hydrogen-bond donors (Lipinski definition) is 2. The summed E-state index contributed by atoms with van der Waals surface area (Å²) in [4.78, 5) is 11.8. The minimum absolute atomic E-state index is 0.171. The summed E-state index contributed by atoms with van der Waals surface area (Å²) in [5, 5.41) is 2.80. The molecule has 4 nitrogen and oxygen atoms in total. The molecule has 1 aromatic carbocycles. The Hall–Kier alpha value is -1.55. The molecule has 1 amide bonds. The second kappa shape index (κ2) is 6.25. The predicted octanol–water partition coefficient (Wildman–Crippen LogP) is 2.07. The van der Waals surface area contributed by atoms with Gasteiger partial charge in [-0.3, -0.25) is 4.79 Å². The Labute approximate surface area is 102 Å². The fourth-order valence-electron chi connectivity index (χ4n) is 1.59. The number of nitrogens with two attached hydrogens (primary N) is 1. The van der Waals surface area contributed by atoms with Gasteiger partial charge in [0.05, 0.1) is 18.8 Å². The molecule has 0 spiro atoms. The van der Waals surface area contributed by atoms with Gasteiger partial charge in [-0.05, 0) is 31.0 Å². The van der Waals surface area contributed by atoms with Gasteiger partial charge in [0.2, 0.25) is 5.91 Å². The van der Waals surface area contributed by atoms with Crippen LogP contribution in [-0.4, -0.2) is 19.1 Å². The molecule has 1 aromatic rings. The van der Waals surface area contributed by atoms with Crippen molar-refractivity contribution >= 4 is 11.6 Å². The summed E-state index contributed by atoms with van der Waals surface area (Å²) < 4.78 is 5.19. The Balaban J connectivity index is 2.79. The van der Waals surface area contributed by atoms with E-state index < -0.39 is 6.04 Å². The maximum Gasteiger partial charge on any atom is 0.241 e. The van der Waals surface area contributed by atoms with Crippen LogP contribution in [0.1, 0.15) is 25.3 Å². The topological polar surface area (TPSA) is 64.4 Å². The molecular formula is C13H20N2O2. The highest BCUT2D eigenvalue weighted by Crippen LogP contribution is 2.25. The Kier molecular flexibility index (Phi) is 4.97. The number of nitrogens with one attached hydrogen (secondary N) is 1. The molecule has 0 unspecified atom stereocenters. The Morgan fingerprint density at radius 2 is 2.24 bits per heavy atom. The molecule has 0 saturated heterocycles. The average molecular weight is 236 g/mol. The molecular weight excluding hydrogens is 216 g/mol. The van der Waals surface area contributed by atoms with Crippen LogP contribution in [0.2, 0.25) is 0 Å². The normalized spacial score (nSPS) is 12.0. The lowest BCUT2D eigenvalue weighted by atomic mass is 10.1. The van der Waals surface area contributed by atoms with E-state index in [9.17, 15) is 4.79 Å². The molecule has 1 atom stereocenters. The van der Waals surface area contributed by atoms with Crippen molar-refractivity contribution < 1.29 is 9.53 Å². The van der Waals surface area contributed by atoms with Crippen LogP contribution in [0.4, 0.5) is 5.69 Å². The molecule has 0 saturated carbocycles. The van der Waals surface area contributed by atoms with Crippen LogP contribution >= 0.6 is 0 Å². The van der Waals surface area contributed by atoms with E-state index in [0.29, 0.717) is 17.9 Å². The molecule has 1 rings (SSSR count). The second-order valence-electron chi connectivity index (χ2n) is 4.09. The summed E-state index contributed by atoms with van der Waals surface area (Å²) in [6, 6.07) is 5.16. The first-order valence-corrected chi connectivity index (χ1v) is 5.79. The molecule has 0 fully saturated rings. The van der Waals surface area contributed by atoms with E-state index in [2.05, 4.69) is 5.32 Å². The molecule has 0 aliphatic heterocycles. The Morgan fingerprint density at radius 3 is 2.82 bits per heavy atom. The number of carbonyl (C=O) groups excluding carboxylic acids is 1. The minimum Gasteiger partial charge on any atom is -0.495 e. The van der Waals surface area contributed by atoms with E-state index in [1.807, 2.05) is 32.0 Å². The number of aryl methyl sites for hydroxylation is 1. The molecule has 0 heterocycles. The lowest BCUT2D eigenvalue weighted by Gasteiger charge is -2.14. The van der Waals surface area contributed by atoms with Gasteiger partial charge in [-0.15, -0.1) is 0 Å². The molecule has 94 valence electrons. The van der Waals surface area contributed by atoms with Gasteiger partial charge in [0.15, 0.2) is 0 Å². The lowest BCUT2D eigenvalue weighted by molar-refractivity contribution is -0.117. The summed E-state index contributed by atoms with van der Waals surface area (Å²) in [5.41, 5.74) is 7.48. The van der Waals surface area contributed by atoms with Crippen molar-refractivity contribution in [2.45, 2.75) is 32.7 Å². The number of rotatable bonds is 5. The van der Waals surface area contributed by atoms with Crippen molar-refractivity contribution in [1.82, 2.24) is 0 Å². The maximum atomic E-state index is 11.8. The maximum absolute atomic E-state index is 11.8. The van der Waals surface area contributed by atoms with E-state index in [4.69, 9.17) is 10.5 Å². The fraction of sp³-hybridized carbons (Fsp3) is 0.462. The van der Waals surface area contributed by atoms with Gasteiger partial charge in [-0.1, -0.05) is 19.4 Å². The van der Waals surface area contributed by atoms with Crippen molar-refractivity contribution in [3.05, 3.63) is 23.8 Å². The van der Waals surface area contributed by atoms with Gasteiger partial charge in [0.25, 0.3) is 0 Å². The predicted molar refractivity (Wildman–Crippen MR) is 69.2 cm³/mol. The van der Waals surface area contributed by atoms with E-state index in [-0.39, 0.29) is 5.91 Å². The highest BCUT2D eigenvalue weighted by atomic mass is 16.5. The van der Waals surface area contributed by atoms with Crippen molar-refractivity contribution in [1.29, 1.82) is 0 Å². The van der Waals surface area contributed by atoms with Gasteiger partial charge in [0.1, 0.15) is 5.75 Å². The van der Waals surface area contributed by atoms with E-state index in [0.717, 1.165) is 12.0 Å². The summed E-state index contributed by atoms with van der Waals surface area (Å²) in [5.74, 6) is 0.475. The number of carbonyl (C=O) groups is 1. The standard InChI is InChI=1S/C13H20N2O2/c1-4-5-10(14)13(16)15-11-8-9(2)6-7-12(11)17-3/h6-8,10H,4-5,14H2,1-3H3,(H,15,16)/t10-/m0/s1. The molecule has 0 bridgehead atoms. The largest absolute Gasteiger partial charge is 0.495 e. The first kappa shape index (κ1) is 13.5. The summed E-state index contributed by atoms with van der Waals surface area (Å²) in [6.45, 7) is 3.96. The first-order valence-electron chi connectivity index (χ1n) is 5.79. The number of benzene rings is 1. The van der Waals surface area contributed by atoms with Crippen molar-refractivity contribution in [3.8, 4) is 5.75 Å². The summed E-state index contributed by atoms with van der Waals surface area (Å²) in [6.07, 6.45) is 1.57. The quantitative estimate of drug-likeness (QED) is 0.822. The average Bonchev–Trinajstić information content (AvgIpc) is 2.29. The van der Waals surface area contributed by atoms with Gasteiger partial charge in [0, 0.05) is 0 Å². The van der Waals surface area contributed by atoms with Gasteiger partial charge in [-0.2, -0.15) is 0 Å². The van der Waals surface area contributed by atoms with Crippen LogP contribution in [0.25, 0.3) is 0 Å². The van der Waals surface area contributed by atoms with E-state index >= 15 is 0 Å². The van der Waals surface area contributed by atoms with Crippen molar-refractivity contribution in [2.75, 3.05) is 12.4 Å². The zero-order valence-corrected chi connectivity index (χ0v) is 10.6. The van der Waals surface area contributed by atoms with Gasteiger partial charge in [-0.25, -0.2) is 0 Å². The third-order valence-corrected chi connectivity index (χ3v) is 2.55. The summed E-state index contributed by atoms with van der Waals surface area (Å²) >= 11 is 0.